The third-order valence-electron chi connectivity index (χ3n) is 12.7. The van der Waals surface area contributed by atoms with Gasteiger partial charge in [0.15, 0.2) is 27.8 Å². The number of benzene rings is 2. The number of methoxy groups -OCH3 is 2. The number of nitrogens with one attached hydrogen (secondary N) is 1. The number of piperazine rings is 1. The highest BCUT2D eigenvalue weighted by molar-refractivity contribution is 7.11. The van der Waals surface area contributed by atoms with E-state index in [2.05, 4.69) is 40.9 Å². The fourth-order valence-electron chi connectivity index (χ4n) is 9.18. The van der Waals surface area contributed by atoms with Crippen LogP contribution in [-0.2, 0) is 30.2 Å². The minimum Gasteiger partial charge on any atom is -0.493 e. The van der Waals surface area contributed by atoms with Gasteiger partial charge in [-0.2, -0.15) is 0 Å². The van der Waals surface area contributed by atoms with Crippen LogP contribution in [0.15, 0.2) is 75.2 Å². The molecule has 1 N–H and O–H groups in total. The first-order valence-electron chi connectivity index (χ1n) is 23.7. The summed E-state index contributed by atoms with van der Waals surface area (Å²) in [6.45, 7) is 18.1. The van der Waals surface area contributed by atoms with Crippen LogP contribution in [0.2, 0.25) is 5.02 Å². The lowest BCUT2D eigenvalue weighted by Gasteiger charge is -2.39. The van der Waals surface area contributed by atoms with Crippen molar-refractivity contribution in [2.45, 2.75) is 91.8 Å². The van der Waals surface area contributed by atoms with Gasteiger partial charge in [-0.05, 0) is 95.2 Å². The molecule has 1 fully saturated rings. The van der Waals surface area contributed by atoms with Crippen LogP contribution in [0.4, 0.5) is 4.39 Å². The number of carbonyl (C=O) groups excluding carboxylic acids is 3. The summed E-state index contributed by atoms with van der Waals surface area (Å²) < 4.78 is 44.8. The third-order valence-corrected chi connectivity index (χ3v) is 13.9. The van der Waals surface area contributed by atoms with E-state index in [0.29, 0.717) is 97.8 Å². The number of amidine groups is 1. The molecule has 2 unspecified atom stereocenters. The number of nitrogens with zero attached hydrogens (tertiary/aromatic N) is 5. The molecular formula is C52H64ClFN6O9S. The van der Waals surface area contributed by atoms with Crippen LogP contribution in [0.1, 0.15) is 106 Å². The molecule has 3 aliphatic heterocycles. The Morgan fingerprint density at radius 1 is 0.971 bits per heavy atom. The largest absolute Gasteiger partial charge is 0.493 e. The predicted molar refractivity (Wildman–Crippen MR) is 267 cm³/mol. The molecule has 0 amide bonds. The monoisotopic (exact) mass is 1000 g/mol. The number of aromatic nitrogens is 2. The Balaban J connectivity index is 1.01. The van der Waals surface area contributed by atoms with Crippen LogP contribution < -0.4 is 20.2 Å². The number of rotatable bonds is 17. The third kappa shape index (κ3) is 12.3. The normalized spacial score (nSPS) is 18.0. The zero-order chi connectivity index (χ0) is 50.5. The summed E-state index contributed by atoms with van der Waals surface area (Å²) in [5.41, 5.74) is 2.59. The van der Waals surface area contributed by atoms with E-state index in [0.717, 1.165) is 24.2 Å². The molecule has 15 nitrogen and oxygen atoms in total. The van der Waals surface area contributed by atoms with Gasteiger partial charge in [-0.1, -0.05) is 38.4 Å². The first-order chi connectivity index (χ1) is 33.3. The molecule has 0 saturated carbocycles. The summed E-state index contributed by atoms with van der Waals surface area (Å²) in [5.74, 6) is -0.766. The molecule has 0 bridgehead atoms. The molecule has 3 aliphatic rings. The van der Waals surface area contributed by atoms with Gasteiger partial charge in [0.1, 0.15) is 23.0 Å². The first-order valence-corrected chi connectivity index (χ1v) is 25.0. The minimum atomic E-state index is -0.852. The van der Waals surface area contributed by atoms with Crippen LogP contribution in [0.5, 0.6) is 11.5 Å². The lowest BCUT2D eigenvalue weighted by molar-refractivity contribution is -0.160. The van der Waals surface area contributed by atoms with E-state index < -0.39 is 34.8 Å². The second-order valence-corrected chi connectivity index (χ2v) is 21.1. The van der Waals surface area contributed by atoms with E-state index in [1.165, 1.54) is 36.6 Å². The summed E-state index contributed by atoms with van der Waals surface area (Å²) >= 11 is 7.96. The van der Waals surface area contributed by atoms with Crippen LogP contribution in [0.3, 0.4) is 0 Å². The van der Waals surface area contributed by atoms with Gasteiger partial charge in [0, 0.05) is 84.5 Å². The van der Waals surface area contributed by atoms with E-state index in [4.69, 9.17) is 40.3 Å². The van der Waals surface area contributed by atoms with Crippen LogP contribution >= 0.6 is 22.9 Å². The zero-order valence-electron chi connectivity index (χ0n) is 41.5. The number of fused-ring (bicyclic) bond motifs is 3. The van der Waals surface area contributed by atoms with Crippen molar-refractivity contribution in [2.75, 3.05) is 66.7 Å². The Hall–Kier alpha value is -5.62. The maximum Gasteiger partial charge on any atom is 0.343 e. The van der Waals surface area contributed by atoms with E-state index in [1.807, 2.05) is 42.9 Å². The lowest BCUT2D eigenvalue weighted by atomic mass is 9.78. The molecule has 3 atom stereocenters. The molecular weight excluding hydrogens is 939 g/mol. The average molecular weight is 1000 g/mol. The van der Waals surface area contributed by atoms with E-state index >= 15 is 0 Å². The van der Waals surface area contributed by atoms with Crippen LogP contribution in [-0.4, -0.2) is 115 Å². The summed E-state index contributed by atoms with van der Waals surface area (Å²) in [4.78, 5) is 67.1. The van der Waals surface area contributed by atoms with Crippen molar-refractivity contribution in [1.82, 2.24) is 24.7 Å². The molecule has 0 radical (unpaired) electrons. The highest BCUT2D eigenvalue weighted by atomic mass is 35.5. The fourth-order valence-corrected chi connectivity index (χ4v) is 10.0. The molecule has 5 heterocycles. The average Bonchev–Trinajstić information content (AvgIpc) is 3.85. The highest BCUT2D eigenvalue weighted by Gasteiger charge is 2.37. The fraction of sp³-hybridized carbons (Fsp3) is 0.500. The Bertz CT molecular complexity index is 2680. The van der Waals surface area contributed by atoms with Crippen molar-refractivity contribution in [2.24, 2.45) is 16.3 Å². The predicted octanol–water partition coefficient (Wildman–Crippen LogP) is 8.44. The molecule has 2 aromatic carbocycles. The Kier molecular flexibility index (Phi) is 16.6. The smallest absolute Gasteiger partial charge is 0.343 e. The molecule has 4 aromatic rings. The highest BCUT2D eigenvalue weighted by Crippen LogP contribution is 2.46. The number of aliphatic imine (C=N–C) groups is 1. The van der Waals surface area contributed by atoms with Crippen LogP contribution in [0, 0.1) is 17.2 Å². The summed E-state index contributed by atoms with van der Waals surface area (Å²) in [6, 6.07) is 8.49. The summed E-state index contributed by atoms with van der Waals surface area (Å²) in [6.07, 6.45) is 5.66. The Morgan fingerprint density at radius 2 is 1.71 bits per heavy atom. The molecule has 0 spiro atoms. The van der Waals surface area contributed by atoms with Crippen molar-refractivity contribution < 1.29 is 42.5 Å². The lowest BCUT2D eigenvalue weighted by Crippen LogP contribution is -2.49. The summed E-state index contributed by atoms with van der Waals surface area (Å²) in [5, 5.41) is 5.99. The van der Waals surface area contributed by atoms with Crippen LogP contribution in [0.25, 0.3) is 11.3 Å². The molecule has 7 rings (SSSR count). The maximum absolute atomic E-state index is 14.2. The second-order valence-electron chi connectivity index (χ2n) is 19.8. The van der Waals surface area contributed by atoms with Gasteiger partial charge in [0.2, 0.25) is 0 Å². The number of esters is 3. The molecule has 18 heteroatoms. The van der Waals surface area contributed by atoms with Gasteiger partial charge in [-0.25, -0.2) is 19.0 Å². The van der Waals surface area contributed by atoms with Gasteiger partial charge in [0.25, 0.3) is 0 Å². The molecule has 0 aliphatic carbocycles. The number of pyridine rings is 1. The standard InChI is InChI=1S/C52H64ClFN6O9S/c1-10-67-49(63)36-29-60-39(28-40(36)61)35-27-41(65-8)42(24-32(35)25-43(60)51(2,3)4)68-22-11-12-31(48(62)69-52(5,6)7)15-17-58-18-20-59(21-19-58)30-38-44(50(64)66-9)45(34-14-13-33(54)26-37(34)53)57-46(56-38)47-55-16-23-70-47/h13-14,16,23-24,26-29,31,43,45H,10-12,15,17-22,25,30H2,1-9H3,(H,56,57)/t31?,43?,45-/m0/s1. The quantitative estimate of drug-likeness (QED) is 0.0610. The van der Waals surface area contributed by atoms with Crippen molar-refractivity contribution >= 4 is 46.7 Å². The molecule has 70 heavy (non-hydrogen) atoms. The SMILES string of the molecule is CCOC(=O)c1cn2c(cc1=O)-c1cc(OC)c(OCCCC(CCN3CCN(CC4=C(C(=O)OC)[C@H](c5ccc(F)cc5Cl)N=C(c5nccs5)N4)CC3)C(=O)OC(C)(C)C)cc1CC2C(C)(C)C. The molecule has 376 valence electrons. The van der Waals surface area contributed by atoms with E-state index in [-0.39, 0.29) is 46.1 Å². The van der Waals surface area contributed by atoms with E-state index in [1.54, 1.807) is 32.5 Å². The molecule has 2 aromatic heterocycles. The van der Waals surface area contributed by atoms with E-state index in [9.17, 15) is 23.6 Å². The van der Waals surface area contributed by atoms with Crippen molar-refractivity contribution in [3.05, 3.63) is 108 Å². The van der Waals surface area contributed by atoms with Gasteiger partial charge in [-0.15, -0.1) is 11.3 Å². The topological polar surface area (TPSA) is 163 Å². The van der Waals surface area contributed by atoms with Crippen molar-refractivity contribution in [3.63, 3.8) is 0 Å². The summed E-state index contributed by atoms with van der Waals surface area (Å²) in [7, 11) is 2.89. The minimum absolute atomic E-state index is 0.00386. The van der Waals surface area contributed by atoms with Crippen molar-refractivity contribution in [1.29, 1.82) is 0 Å². The maximum atomic E-state index is 14.2. The number of halogens is 2. The van der Waals surface area contributed by atoms with Crippen molar-refractivity contribution in [3.8, 4) is 22.8 Å². The van der Waals surface area contributed by atoms with Gasteiger partial charge in [-0.3, -0.25) is 19.5 Å². The van der Waals surface area contributed by atoms with Gasteiger partial charge < -0.3 is 38.5 Å². The zero-order valence-corrected chi connectivity index (χ0v) is 43.1. The molecule has 1 saturated heterocycles. The number of carbonyl (C=O) groups is 3. The number of hydrogen-bond donors (Lipinski definition) is 1. The van der Waals surface area contributed by atoms with Gasteiger partial charge >= 0.3 is 17.9 Å². The number of thiazole rings is 1. The Morgan fingerprint density at radius 3 is 2.36 bits per heavy atom. The van der Waals surface area contributed by atoms with Gasteiger partial charge in [0.05, 0.1) is 44.6 Å². The number of ether oxygens (including phenoxy) is 5. The second kappa shape index (κ2) is 22.2. The number of hydrogen-bond acceptors (Lipinski definition) is 15. The Labute approximate surface area is 418 Å². The first kappa shape index (κ1) is 52.2.